The first kappa shape index (κ1) is 21.9. The molecule has 1 aromatic carbocycles. The molecule has 8 heteroatoms. The van der Waals surface area contributed by atoms with Gasteiger partial charge in [-0.1, -0.05) is 18.2 Å². The third kappa shape index (κ3) is 5.02. The first-order chi connectivity index (χ1) is 16.7. The molecule has 0 saturated heterocycles. The Morgan fingerprint density at radius 3 is 2.79 bits per heavy atom. The molecule has 0 bridgehead atoms. The van der Waals surface area contributed by atoms with Gasteiger partial charge < -0.3 is 10.6 Å². The van der Waals surface area contributed by atoms with Gasteiger partial charge in [0.1, 0.15) is 10.8 Å². The Bertz CT molecular complexity index is 1340. The van der Waals surface area contributed by atoms with Gasteiger partial charge in [0.15, 0.2) is 5.78 Å². The van der Waals surface area contributed by atoms with Crippen LogP contribution in [-0.4, -0.2) is 39.7 Å². The number of hydrogen-bond acceptors (Lipinski definition) is 7. The maximum Gasteiger partial charge on any atom is 0.253 e. The molecule has 0 fully saturated rings. The minimum Gasteiger partial charge on any atom is -0.370 e. The lowest BCUT2D eigenvalue weighted by molar-refractivity contribution is -0.117. The third-order valence-corrected chi connectivity index (χ3v) is 6.51. The number of carbonyl (C=O) groups excluding carboxylic acids is 2. The van der Waals surface area contributed by atoms with Crippen LogP contribution in [0, 0.1) is 0 Å². The Kier molecular flexibility index (Phi) is 6.40. The molecule has 7 nitrogen and oxygen atoms in total. The molecule has 0 saturated carbocycles. The van der Waals surface area contributed by atoms with Crippen LogP contribution in [0.25, 0.3) is 22.4 Å². The lowest BCUT2D eigenvalue weighted by atomic mass is 10.0. The number of hydrogen-bond donors (Lipinski definition) is 2. The molecule has 1 aliphatic heterocycles. The SMILES string of the molecule is O=C(CNC(=O)c1cnc2c(c1)CCCN2)Cc1nc(-c2cccc(-c3ccncc3)c2)cs1. The van der Waals surface area contributed by atoms with Gasteiger partial charge in [0, 0.05) is 36.1 Å². The lowest BCUT2D eigenvalue weighted by Crippen LogP contribution is -2.30. The number of aromatic nitrogens is 3. The van der Waals surface area contributed by atoms with Gasteiger partial charge in [-0.25, -0.2) is 9.97 Å². The van der Waals surface area contributed by atoms with Crippen molar-refractivity contribution in [1.29, 1.82) is 0 Å². The zero-order valence-electron chi connectivity index (χ0n) is 18.5. The monoisotopic (exact) mass is 469 g/mol. The van der Waals surface area contributed by atoms with Gasteiger partial charge in [-0.15, -0.1) is 11.3 Å². The van der Waals surface area contributed by atoms with Gasteiger partial charge in [-0.2, -0.15) is 0 Å². The van der Waals surface area contributed by atoms with Gasteiger partial charge in [0.2, 0.25) is 0 Å². The highest BCUT2D eigenvalue weighted by Gasteiger charge is 2.15. The van der Waals surface area contributed by atoms with Crippen LogP contribution in [-0.2, 0) is 17.6 Å². The molecule has 2 N–H and O–H groups in total. The number of amides is 1. The molecule has 5 rings (SSSR count). The van der Waals surface area contributed by atoms with Crippen LogP contribution in [0.2, 0.25) is 0 Å². The minimum atomic E-state index is -0.290. The fourth-order valence-corrected chi connectivity index (χ4v) is 4.74. The van der Waals surface area contributed by atoms with Crippen molar-refractivity contribution < 1.29 is 9.59 Å². The van der Waals surface area contributed by atoms with E-state index in [4.69, 9.17) is 0 Å². The molecule has 4 aromatic rings. The molecular formula is C26H23N5O2S. The van der Waals surface area contributed by atoms with Crippen molar-refractivity contribution in [3.05, 3.63) is 82.6 Å². The Morgan fingerprint density at radius 1 is 1.06 bits per heavy atom. The van der Waals surface area contributed by atoms with Crippen LogP contribution in [0.3, 0.4) is 0 Å². The number of benzene rings is 1. The number of fused-ring (bicyclic) bond motifs is 1. The number of rotatable bonds is 7. The average molecular weight is 470 g/mol. The number of aryl methyl sites for hydroxylation is 1. The highest BCUT2D eigenvalue weighted by atomic mass is 32.1. The lowest BCUT2D eigenvalue weighted by Gasteiger charge is -2.17. The summed E-state index contributed by atoms with van der Waals surface area (Å²) in [7, 11) is 0. The van der Waals surface area contributed by atoms with Crippen LogP contribution >= 0.6 is 11.3 Å². The number of anilines is 1. The Morgan fingerprint density at radius 2 is 1.91 bits per heavy atom. The van der Waals surface area contributed by atoms with Crippen molar-refractivity contribution in [2.45, 2.75) is 19.3 Å². The van der Waals surface area contributed by atoms with E-state index in [9.17, 15) is 9.59 Å². The van der Waals surface area contributed by atoms with Crippen LogP contribution < -0.4 is 10.6 Å². The van der Waals surface area contributed by atoms with E-state index in [1.807, 2.05) is 41.8 Å². The van der Waals surface area contributed by atoms with Gasteiger partial charge in [-0.05, 0) is 53.8 Å². The normalized spacial score (nSPS) is 12.5. The third-order valence-electron chi connectivity index (χ3n) is 5.66. The van der Waals surface area contributed by atoms with E-state index in [-0.39, 0.29) is 24.7 Å². The topological polar surface area (TPSA) is 96.9 Å². The average Bonchev–Trinajstić information content (AvgIpc) is 3.36. The highest BCUT2D eigenvalue weighted by molar-refractivity contribution is 7.10. The second kappa shape index (κ2) is 9.93. The molecule has 1 amide bonds. The standard InChI is InChI=1S/C26H23N5O2S/c32-22(15-30-26(33)21-12-20-5-2-8-28-25(20)29-14-21)13-24-31-23(16-34-24)19-4-1-3-18(11-19)17-6-9-27-10-7-17/h1,3-4,6-7,9-12,14,16H,2,5,8,13,15H2,(H,28,29)(H,30,33). The van der Waals surface area contributed by atoms with Crippen molar-refractivity contribution in [2.24, 2.45) is 0 Å². The largest absolute Gasteiger partial charge is 0.370 e. The van der Waals surface area contributed by atoms with E-state index >= 15 is 0 Å². The molecule has 0 atom stereocenters. The van der Waals surface area contributed by atoms with E-state index in [0.29, 0.717) is 5.56 Å². The van der Waals surface area contributed by atoms with E-state index in [2.05, 4.69) is 31.7 Å². The smallest absolute Gasteiger partial charge is 0.253 e. The molecule has 0 radical (unpaired) electrons. The predicted molar refractivity (Wildman–Crippen MR) is 133 cm³/mol. The zero-order valence-corrected chi connectivity index (χ0v) is 19.3. The maximum absolute atomic E-state index is 12.5. The van der Waals surface area contributed by atoms with Gasteiger partial charge in [-0.3, -0.25) is 14.6 Å². The van der Waals surface area contributed by atoms with E-state index in [1.54, 1.807) is 18.6 Å². The van der Waals surface area contributed by atoms with E-state index in [0.717, 1.165) is 58.2 Å². The number of Topliss-reactive ketones (excluding diaryl/α,β-unsaturated/α-hetero) is 1. The Balaban J connectivity index is 1.19. The van der Waals surface area contributed by atoms with Crippen LogP contribution in [0.4, 0.5) is 5.82 Å². The van der Waals surface area contributed by atoms with Gasteiger partial charge >= 0.3 is 0 Å². The summed E-state index contributed by atoms with van der Waals surface area (Å²) in [5, 5.41) is 8.62. The molecule has 1 aliphatic rings. The Labute approximate surface area is 201 Å². The van der Waals surface area contributed by atoms with Gasteiger partial charge in [0.25, 0.3) is 5.91 Å². The maximum atomic E-state index is 12.5. The molecule has 0 unspecified atom stereocenters. The first-order valence-electron chi connectivity index (χ1n) is 11.1. The number of pyridine rings is 2. The summed E-state index contributed by atoms with van der Waals surface area (Å²) in [6, 6.07) is 13.9. The number of ketones is 1. The van der Waals surface area contributed by atoms with Crippen molar-refractivity contribution in [1.82, 2.24) is 20.3 Å². The van der Waals surface area contributed by atoms with Crippen molar-refractivity contribution >= 4 is 28.8 Å². The minimum absolute atomic E-state index is 0.0411. The summed E-state index contributed by atoms with van der Waals surface area (Å²) in [5.41, 5.74) is 5.51. The number of nitrogens with zero attached hydrogens (tertiary/aromatic N) is 3. The molecule has 34 heavy (non-hydrogen) atoms. The van der Waals surface area contributed by atoms with E-state index in [1.165, 1.54) is 11.3 Å². The summed E-state index contributed by atoms with van der Waals surface area (Å²) >= 11 is 1.45. The van der Waals surface area contributed by atoms with Crippen molar-refractivity contribution in [2.75, 3.05) is 18.4 Å². The first-order valence-corrected chi connectivity index (χ1v) is 12.0. The van der Waals surface area contributed by atoms with E-state index < -0.39 is 0 Å². The predicted octanol–water partition coefficient (Wildman–Crippen LogP) is 4.17. The van der Waals surface area contributed by atoms with Crippen molar-refractivity contribution in [3.63, 3.8) is 0 Å². The number of thiazole rings is 1. The molecule has 0 aliphatic carbocycles. The fraction of sp³-hybridized carbons (Fsp3) is 0.192. The van der Waals surface area contributed by atoms with Gasteiger partial charge in [0.05, 0.1) is 24.2 Å². The molecule has 4 heterocycles. The molecule has 3 aromatic heterocycles. The summed E-state index contributed by atoms with van der Waals surface area (Å²) in [4.78, 5) is 38.0. The molecule has 0 spiro atoms. The van der Waals surface area contributed by atoms with Crippen molar-refractivity contribution in [3.8, 4) is 22.4 Å². The highest BCUT2D eigenvalue weighted by Crippen LogP contribution is 2.27. The summed E-state index contributed by atoms with van der Waals surface area (Å²) in [6.45, 7) is 0.856. The zero-order chi connectivity index (χ0) is 23.3. The van der Waals surface area contributed by atoms with Crippen LogP contribution in [0.1, 0.15) is 27.3 Å². The second-order valence-corrected chi connectivity index (χ2v) is 9.05. The Hall–Kier alpha value is -3.91. The van der Waals surface area contributed by atoms with Crippen LogP contribution in [0.5, 0.6) is 0 Å². The fourth-order valence-electron chi connectivity index (χ4n) is 3.91. The van der Waals surface area contributed by atoms with Crippen LogP contribution in [0.15, 0.2) is 66.4 Å². The number of carbonyl (C=O) groups is 2. The summed E-state index contributed by atoms with van der Waals surface area (Å²) in [6.07, 6.45) is 7.18. The number of nitrogens with one attached hydrogen (secondary N) is 2. The summed E-state index contributed by atoms with van der Waals surface area (Å²) in [5.74, 6) is 0.458. The quantitative estimate of drug-likeness (QED) is 0.422. The second-order valence-electron chi connectivity index (χ2n) is 8.10. The molecule has 170 valence electrons. The molecular weight excluding hydrogens is 446 g/mol. The summed E-state index contributed by atoms with van der Waals surface area (Å²) < 4.78 is 0.